The Hall–Kier alpha value is -0.630. The first-order valence-electron chi connectivity index (χ1n) is 8.14. The van der Waals surface area contributed by atoms with Crippen LogP contribution in [0.4, 0.5) is 0 Å². The molecule has 2 rings (SSSR count). The van der Waals surface area contributed by atoms with E-state index in [0.29, 0.717) is 24.0 Å². The largest absolute Gasteiger partial charge is 0.392 e. The Kier molecular flexibility index (Phi) is 4.44. The van der Waals surface area contributed by atoms with Crippen molar-refractivity contribution in [3.8, 4) is 0 Å². The van der Waals surface area contributed by atoms with Gasteiger partial charge >= 0.3 is 0 Å². The first kappa shape index (κ1) is 15.8. The molecule has 1 N–H and O–H groups in total. The molecule has 2 aliphatic carbocycles. The zero-order valence-corrected chi connectivity index (χ0v) is 13.5. The van der Waals surface area contributed by atoms with Gasteiger partial charge in [0, 0.05) is 6.42 Å². The van der Waals surface area contributed by atoms with Crippen molar-refractivity contribution in [1.82, 2.24) is 0 Å². The van der Waals surface area contributed by atoms with Gasteiger partial charge < -0.3 is 9.90 Å². The topological polar surface area (TPSA) is 37.3 Å². The second-order valence-corrected chi connectivity index (χ2v) is 7.58. The maximum atomic E-state index is 11.4. The number of fused-ring (bicyclic) bond motifs is 1. The normalized spacial score (nSPS) is 41.0. The minimum Gasteiger partial charge on any atom is -0.392 e. The molecule has 2 aliphatic rings. The van der Waals surface area contributed by atoms with Crippen molar-refractivity contribution in [3.63, 3.8) is 0 Å². The summed E-state index contributed by atoms with van der Waals surface area (Å²) in [5.74, 6) is 1.57. The van der Waals surface area contributed by atoms with Gasteiger partial charge in [-0.15, -0.1) is 0 Å². The number of hydrogen-bond acceptors (Lipinski definition) is 2. The van der Waals surface area contributed by atoms with Crippen LogP contribution in [0.15, 0.2) is 11.6 Å². The highest BCUT2D eigenvalue weighted by atomic mass is 16.3. The van der Waals surface area contributed by atoms with Crippen LogP contribution in [0.5, 0.6) is 0 Å². The van der Waals surface area contributed by atoms with Crippen LogP contribution >= 0.6 is 0 Å². The van der Waals surface area contributed by atoms with E-state index in [4.69, 9.17) is 0 Å². The number of carbonyl (C=O) groups excluding carboxylic acids is 1. The molecule has 4 atom stereocenters. The number of ketones is 1. The predicted octanol–water partition coefficient (Wildman–Crippen LogP) is 4.13. The van der Waals surface area contributed by atoms with E-state index in [1.54, 1.807) is 6.92 Å². The smallest absolute Gasteiger partial charge is 0.129 e. The third-order valence-corrected chi connectivity index (χ3v) is 6.55. The van der Waals surface area contributed by atoms with Gasteiger partial charge in [0.1, 0.15) is 5.78 Å². The quantitative estimate of drug-likeness (QED) is 0.785. The van der Waals surface area contributed by atoms with Crippen LogP contribution in [0.2, 0.25) is 0 Å². The van der Waals surface area contributed by atoms with Crippen LogP contribution in [-0.2, 0) is 4.79 Å². The van der Waals surface area contributed by atoms with E-state index < -0.39 is 0 Å². The lowest BCUT2D eigenvalue weighted by Crippen LogP contribution is -2.50. The molecule has 0 saturated heterocycles. The first-order chi connectivity index (χ1) is 9.34. The molecule has 20 heavy (non-hydrogen) atoms. The van der Waals surface area contributed by atoms with Crippen LogP contribution in [0, 0.1) is 22.7 Å². The highest BCUT2D eigenvalue weighted by molar-refractivity contribution is 5.75. The standard InChI is InChI=1S/C18H30O2/c1-13-8-10-18(4)15(12-19)6-5-7-16(18)17(13,3)11-9-14(2)20/h6,13,16,19H,5,7-12H2,1-4H3/t13-,16-,17+,18+/m1/s1. The zero-order chi connectivity index (χ0) is 15.0. The highest BCUT2D eigenvalue weighted by Crippen LogP contribution is 2.61. The van der Waals surface area contributed by atoms with Crippen molar-refractivity contribution in [2.75, 3.05) is 6.61 Å². The fourth-order valence-corrected chi connectivity index (χ4v) is 4.89. The molecule has 0 radical (unpaired) electrons. The molecule has 0 aliphatic heterocycles. The third-order valence-electron chi connectivity index (χ3n) is 6.55. The van der Waals surface area contributed by atoms with Gasteiger partial charge in [-0.3, -0.25) is 0 Å². The van der Waals surface area contributed by atoms with Crippen LogP contribution < -0.4 is 0 Å². The van der Waals surface area contributed by atoms with E-state index in [0.717, 1.165) is 12.8 Å². The molecule has 1 saturated carbocycles. The molecule has 114 valence electrons. The van der Waals surface area contributed by atoms with E-state index in [9.17, 15) is 9.90 Å². The van der Waals surface area contributed by atoms with Crippen molar-refractivity contribution in [2.45, 2.75) is 66.2 Å². The summed E-state index contributed by atoms with van der Waals surface area (Å²) in [7, 11) is 0. The highest BCUT2D eigenvalue weighted by Gasteiger charge is 2.53. The van der Waals surface area contributed by atoms with Gasteiger partial charge in [0.05, 0.1) is 6.61 Å². The van der Waals surface area contributed by atoms with Crippen LogP contribution in [0.1, 0.15) is 66.2 Å². The maximum Gasteiger partial charge on any atom is 0.129 e. The summed E-state index contributed by atoms with van der Waals surface area (Å²) < 4.78 is 0. The van der Waals surface area contributed by atoms with Gasteiger partial charge in [-0.2, -0.15) is 0 Å². The Morgan fingerprint density at radius 3 is 2.70 bits per heavy atom. The zero-order valence-electron chi connectivity index (χ0n) is 13.5. The summed E-state index contributed by atoms with van der Waals surface area (Å²) in [6, 6.07) is 0. The Morgan fingerprint density at radius 2 is 2.10 bits per heavy atom. The lowest BCUT2D eigenvalue weighted by atomic mass is 9.47. The monoisotopic (exact) mass is 278 g/mol. The first-order valence-corrected chi connectivity index (χ1v) is 8.14. The van der Waals surface area contributed by atoms with E-state index in [-0.39, 0.29) is 17.4 Å². The average molecular weight is 278 g/mol. The summed E-state index contributed by atoms with van der Waals surface area (Å²) in [5, 5.41) is 9.73. The van der Waals surface area contributed by atoms with Gasteiger partial charge in [0.15, 0.2) is 0 Å². The number of aliphatic hydroxyl groups is 1. The number of rotatable bonds is 4. The fourth-order valence-electron chi connectivity index (χ4n) is 4.89. The van der Waals surface area contributed by atoms with Crippen molar-refractivity contribution in [1.29, 1.82) is 0 Å². The molecule has 0 amide bonds. The molecule has 2 heteroatoms. The van der Waals surface area contributed by atoms with Gasteiger partial charge in [0.25, 0.3) is 0 Å². The summed E-state index contributed by atoms with van der Waals surface area (Å²) in [5.41, 5.74) is 1.62. The molecule has 0 bridgehead atoms. The summed E-state index contributed by atoms with van der Waals surface area (Å²) >= 11 is 0. The summed E-state index contributed by atoms with van der Waals surface area (Å²) in [4.78, 5) is 11.4. The predicted molar refractivity (Wildman–Crippen MR) is 82.4 cm³/mol. The summed E-state index contributed by atoms with van der Waals surface area (Å²) in [6.45, 7) is 9.00. The molecule has 0 spiro atoms. The fraction of sp³-hybridized carbons (Fsp3) is 0.833. The molecule has 0 heterocycles. The molecule has 1 fully saturated rings. The third kappa shape index (κ3) is 2.47. The minimum absolute atomic E-state index is 0.144. The minimum atomic E-state index is 0.144. The molecule has 2 nitrogen and oxygen atoms in total. The lowest BCUT2D eigenvalue weighted by Gasteiger charge is -2.58. The Labute approximate surface area is 123 Å². The number of allylic oxidation sites excluding steroid dienone is 1. The molecule has 0 aromatic heterocycles. The van der Waals surface area contributed by atoms with Crippen molar-refractivity contribution in [3.05, 3.63) is 11.6 Å². The van der Waals surface area contributed by atoms with E-state index in [1.807, 2.05) is 0 Å². The van der Waals surface area contributed by atoms with E-state index in [2.05, 4.69) is 26.8 Å². The van der Waals surface area contributed by atoms with Gasteiger partial charge in [-0.1, -0.05) is 26.8 Å². The Bertz CT molecular complexity index is 412. The Balaban J connectivity index is 2.31. The second kappa shape index (κ2) is 5.63. The van der Waals surface area contributed by atoms with Gasteiger partial charge in [-0.05, 0) is 67.3 Å². The molecular weight excluding hydrogens is 248 g/mol. The second-order valence-electron chi connectivity index (χ2n) is 7.58. The number of carbonyl (C=O) groups is 1. The molecule has 0 aromatic rings. The van der Waals surface area contributed by atoms with E-state index in [1.165, 1.54) is 24.8 Å². The maximum absolute atomic E-state index is 11.4. The number of Topliss-reactive ketones (excluding diaryl/α,β-unsaturated/α-hetero) is 1. The van der Waals surface area contributed by atoms with E-state index >= 15 is 0 Å². The molecule has 0 aromatic carbocycles. The van der Waals surface area contributed by atoms with Crippen molar-refractivity contribution < 1.29 is 9.90 Å². The van der Waals surface area contributed by atoms with Gasteiger partial charge in [-0.25, -0.2) is 0 Å². The number of hydrogen-bond donors (Lipinski definition) is 1. The van der Waals surface area contributed by atoms with Gasteiger partial charge in [0.2, 0.25) is 0 Å². The van der Waals surface area contributed by atoms with Crippen LogP contribution in [0.3, 0.4) is 0 Å². The number of aliphatic hydroxyl groups excluding tert-OH is 1. The molecular formula is C18H30O2. The van der Waals surface area contributed by atoms with Crippen LogP contribution in [0.25, 0.3) is 0 Å². The van der Waals surface area contributed by atoms with Crippen molar-refractivity contribution >= 4 is 5.78 Å². The summed E-state index contributed by atoms with van der Waals surface area (Å²) in [6.07, 6.45) is 8.64. The van der Waals surface area contributed by atoms with Crippen molar-refractivity contribution in [2.24, 2.45) is 22.7 Å². The lowest BCUT2D eigenvalue weighted by molar-refractivity contribution is -0.119. The van der Waals surface area contributed by atoms with Crippen LogP contribution in [-0.4, -0.2) is 17.5 Å². The Morgan fingerprint density at radius 1 is 1.40 bits per heavy atom. The molecule has 0 unspecified atom stereocenters. The average Bonchev–Trinajstić information content (AvgIpc) is 2.41. The SMILES string of the molecule is CC(=O)CC[C@@]1(C)[C@H](C)CC[C@@]2(C)C(CO)=CCC[C@H]12.